The van der Waals surface area contributed by atoms with Gasteiger partial charge >= 0.3 is 0 Å². The quantitative estimate of drug-likeness (QED) is 0.517. The molecular formula is C21H18N4O3S. The molecule has 2 heterocycles. The summed E-state index contributed by atoms with van der Waals surface area (Å²) in [6.45, 7) is 0. The highest BCUT2D eigenvalue weighted by Gasteiger charge is 2.20. The van der Waals surface area contributed by atoms with E-state index in [4.69, 9.17) is 9.47 Å². The first-order valence-electron chi connectivity index (χ1n) is 8.79. The van der Waals surface area contributed by atoms with Crippen LogP contribution in [0, 0.1) is 0 Å². The number of hydrogen-bond donors (Lipinski definition) is 1. The highest BCUT2D eigenvalue weighted by molar-refractivity contribution is 7.13. The second-order valence-corrected chi connectivity index (χ2v) is 6.95. The molecule has 0 radical (unpaired) electrons. The maximum atomic E-state index is 12.9. The van der Waals surface area contributed by atoms with E-state index in [2.05, 4.69) is 15.4 Å². The summed E-state index contributed by atoms with van der Waals surface area (Å²) in [6, 6.07) is 18.6. The molecule has 29 heavy (non-hydrogen) atoms. The minimum atomic E-state index is -0.441. The van der Waals surface area contributed by atoms with Crippen molar-refractivity contribution in [3.63, 3.8) is 0 Å². The summed E-state index contributed by atoms with van der Waals surface area (Å²) in [7, 11) is 3.10. The van der Waals surface area contributed by atoms with Crippen LogP contribution in [0.2, 0.25) is 0 Å². The summed E-state index contributed by atoms with van der Waals surface area (Å²) < 4.78 is 12.2. The normalized spacial score (nSPS) is 10.6. The first-order valence-corrected chi connectivity index (χ1v) is 9.67. The van der Waals surface area contributed by atoms with Gasteiger partial charge in [-0.2, -0.15) is 0 Å². The van der Waals surface area contributed by atoms with Gasteiger partial charge in [-0.05, 0) is 35.7 Å². The number of carbonyl (C=O) groups is 1. The molecule has 2 aromatic carbocycles. The van der Waals surface area contributed by atoms with E-state index in [0.717, 1.165) is 10.6 Å². The third-order valence-corrected chi connectivity index (χ3v) is 5.07. The Balaban J connectivity index is 1.72. The fourth-order valence-corrected chi connectivity index (χ4v) is 3.51. The van der Waals surface area contributed by atoms with E-state index in [0.29, 0.717) is 23.0 Å². The van der Waals surface area contributed by atoms with Crippen LogP contribution >= 0.6 is 11.3 Å². The van der Waals surface area contributed by atoms with Gasteiger partial charge < -0.3 is 14.8 Å². The SMILES string of the molecule is COc1ccc(OC)c(NC(=O)c2nc(-c3cccs3)n(-c3ccccc3)n2)c1. The largest absolute Gasteiger partial charge is 0.497 e. The van der Waals surface area contributed by atoms with Gasteiger partial charge in [0.05, 0.1) is 30.5 Å². The zero-order chi connectivity index (χ0) is 20.2. The summed E-state index contributed by atoms with van der Waals surface area (Å²) in [6.07, 6.45) is 0. The lowest BCUT2D eigenvalue weighted by Gasteiger charge is -2.10. The van der Waals surface area contributed by atoms with E-state index >= 15 is 0 Å². The van der Waals surface area contributed by atoms with Gasteiger partial charge in [0.2, 0.25) is 5.82 Å². The highest BCUT2D eigenvalue weighted by Crippen LogP contribution is 2.30. The van der Waals surface area contributed by atoms with E-state index in [-0.39, 0.29) is 5.82 Å². The predicted molar refractivity (Wildman–Crippen MR) is 112 cm³/mol. The number of nitrogens with zero attached hydrogens (tertiary/aromatic N) is 3. The van der Waals surface area contributed by atoms with Crippen LogP contribution < -0.4 is 14.8 Å². The molecule has 1 amide bonds. The summed E-state index contributed by atoms with van der Waals surface area (Å²) in [5, 5.41) is 9.23. The number of anilines is 1. The van der Waals surface area contributed by atoms with Crippen molar-refractivity contribution in [1.29, 1.82) is 0 Å². The minimum Gasteiger partial charge on any atom is -0.497 e. The lowest BCUT2D eigenvalue weighted by Crippen LogP contribution is -2.15. The van der Waals surface area contributed by atoms with Crippen LogP contribution in [0.5, 0.6) is 11.5 Å². The summed E-state index contributed by atoms with van der Waals surface area (Å²) in [4.78, 5) is 18.3. The van der Waals surface area contributed by atoms with Crippen LogP contribution in [-0.4, -0.2) is 34.9 Å². The van der Waals surface area contributed by atoms with Gasteiger partial charge in [0.25, 0.3) is 5.91 Å². The maximum Gasteiger partial charge on any atom is 0.295 e. The molecule has 4 rings (SSSR count). The molecule has 0 bridgehead atoms. The molecule has 0 aliphatic heterocycles. The molecule has 1 N–H and O–H groups in total. The molecule has 8 heteroatoms. The molecule has 0 aliphatic rings. The van der Waals surface area contributed by atoms with Gasteiger partial charge in [0, 0.05) is 6.07 Å². The average Bonchev–Trinajstić information content (AvgIpc) is 3.44. The molecule has 2 aromatic heterocycles. The van der Waals surface area contributed by atoms with Crippen molar-refractivity contribution in [2.24, 2.45) is 0 Å². The van der Waals surface area contributed by atoms with Crippen molar-refractivity contribution in [1.82, 2.24) is 14.8 Å². The van der Waals surface area contributed by atoms with E-state index in [1.54, 1.807) is 30.0 Å². The Hall–Kier alpha value is -3.65. The number of hydrogen-bond acceptors (Lipinski definition) is 6. The van der Waals surface area contributed by atoms with Crippen LogP contribution in [0.25, 0.3) is 16.4 Å². The van der Waals surface area contributed by atoms with E-state index < -0.39 is 5.91 Å². The zero-order valence-electron chi connectivity index (χ0n) is 15.8. The molecule has 0 saturated heterocycles. The Kier molecular flexibility index (Phi) is 5.26. The molecule has 7 nitrogen and oxygen atoms in total. The van der Waals surface area contributed by atoms with Gasteiger partial charge in [-0.1, -0.05) is 24.3 Å². The molecule has 0 unspecified atom stereocenters. The Labute approximate surface area is 171 Å². The average molecular weight is 406 g/mol. The molecular weight excluding hydrogens is 388 g/mol. The number of carbonyl (C=O) groups excluding carboxylic acids is 1. The molecule has 0 spiro atoms. The maximum absolute atomic E-state index is 12.9. The molecule has 4 aromatic rings. The number of para-hydroxylation sites is 1. The second-order valence-electron chi connectivity index (χ2n) is 6.00. The molecule has 0 aliphatic carbocycles. The number of thiophene rings is 1. The summed E-state index contributed by atoms with van der Waals surface area (Å²) in [5.41, 5.74) is 1.30. The van der Waals surface area contributed by atoms with Crippen molar-refractivity contribution in [3.05, 3.63) is 71.9 Å². The van der Waals surface area contributed by atoms with Gasteiger partial charge in [-0.15, -0.1) is 16.4 Å². The number of ether oxygens (including phenoxy) is 2. The predicted octanol–water partition coefficient (Wildman–Crippen LogP) is 4.27. The van der Waals surface area contributed by atoms with E-state index in [9.17, 15) is 4.79 Å². The Morgan fingerprint density at radius 1 is 1.03 bits per heavy atom. The van der Waals surface area contributed by atoms with Crippen LogP contribution in [-0.2, 0) is 0 Å². The third-order valence-electron chi connectivity index (χ3n) is 4.21. The summed E-state index contributed by atoms with van der Waals surface area (Å²) >= 11 is 1.53. The zero-order valence-corrected chi connectivity index (χ0v) is 16.6. The third kappa shape index (κ3) is 3.83. The first-order chi connectivity index (χ1) is 14.2. The lowest BCUT2D eigenvalue weighted by molar-refractivity contribution is 0.101. The number of aromatic nitrogens is 3. The standard InChI is InChI=1S/C21H18N4O3S/c1-27-15-10-11-17(28-2)16(13-15)22-21(26)19-23-20(18-9-6-12-29-18)25(24-19)14-7-4-3-5-8-14/h3-13H,1-2H3,(H,22,26). The number of rotatable bonds is 6. The lowest BCUT2D eigenvalue weighted by atomic mass is 10.2. The fourth-order valence-electron chi connectivity index (χ4n) is 2.81. The van der Waals surface area contributed by atoms with Crippen molar-refractivity contribution >= 4 is 22.9 Å². The van der Waals surface area contributed by atoms with E-state index in [1.807, 2.05) is 47.8 Å². The van der Waals surface area contributed by atoms with Gasteiger partial charge in [0.15, 0.2) is 5.82 Å². The molecule has 0 saturated carbocycles. The van der Waals surface area contributed by atoms with Crippen molar-refractivity contribution in [2.45, 2.75) is 0 Å². The van der Waals surface area contributed by atoms with Crippen LogP contribution in [0.15, 0.2) is 66.0 Å². The smallest absolute Gasteiger partial charge is 0.295 e. The summed E-state index contributed by atoms with van der Waals surface area (Å²) in [5.74, 6) is 1.34. The minimum absolute atomic E-state index is 0.0575. The Bertz CT molecular complexity index is 1120. The van der Waals surface area contributed by atoms with Crippen molar-refractivity contribution in [3.8, 4) is 27.9 Å². The van der Waals surface area contributed by atoms with Gasteiger partial charge in [-0.3, -0.25) is 4.79 Å². The number of nitrogens with one attached hydrogen (secondary N) is 1. The van der Waals surface area contributed by atoms with Crippen molar-refractivity contribution < 1.29 is 14.3 Å². The number of amides is 1. The van der Waals surface area contributed by atoms with Crippen LogP contribution in [0.3, 0.4) is 0 Å². The topological polar surface area (TPSA) is 78.3 Å². The molecule has 146 valence electrons. The monoisotopic (exact) mass is 406 g/mol. The number of methoxy groups -OCH3 is 2. The first kappa shape index (κ1) is 18.7. The van der Waals surface area contributed by atoms with Crippen molar-refractivity contribution in [2.75, 3.05) is 19.5 Å². The molecule has 0 atom stereocenters. The second kappa shape index (κ2) is 8.15. The molecule has 0 fully saturated rings. The Morgan fingerprint density at radius 3 is 2.55 bits per heavy atom. The Morgan fingerprint density at radius 2 is 1.86 bits per heavy atom. The van der Waals surface area contributed by atoms with Crippen LogP contribution in [0.1, 0.15) is 10.6 Å². The highest BCUT2D eigenvalue weighted by atomic mass is 32.1. The number of benzene rings is 2. The van der Waals surface area contributed by atoms with Crippen LogP contribution in [0.4, 0.5) is 5.69 Å². The fraction of sp³-hybridized carbons (Fsp3) is 0.0952. The van der Waals surface area contributed by atoms with Gasteiger partial charge in [0.1, 0.15) is 11.5 Å². The van der Waals surface area contributed by atoms with E-state index in [1.165, 1.54) is 18.4 Å². The van der Waals surface area contributed by atoms with Gasteiger partial charge in [-0.25, -0.2) is 9.67 Å².